The molecule has 156 valence electrons. The van der Waals surface area contributed by atoms with Gasteiger partial charge < -0.3 is 9.80 Å². The van der Waals surface area contributed by atoms with E-state index in [0.29, 0.717) is 11.7 Å². The highest BCUT2D eigenvalue weighted by molar-refractivity contribution is 14.0. The SMILES string of the molecule is I.O=C(Cn1nc(-c2ccccc2)ccc1=O)N1CCCC(N2CCCC2)CC1. The minimum atomic E-state index is -0.238. The average Bonchev–Trinajstić information content (AvgIpc) is 3.14. The van der Waals surface area contributed by atoms with E-state index in [1.54, 1.807) is 6.07 Å². The van der Waals surface area contributed by atoms with Crippen LogP contribution in [0.2, 0.25) is 0 Å². The van der Waals surface area contributed by atoms with Gasteiger partial charge in [-0.25, -0.2) is 4.68 Å². The van der Waals surface area contributed by atoms with Crippen LogP contribution in [0.25, 0.3) is 11.3 Å². The van der Waals surface area contributed by atoms with Crippen LogP contribution in [-0.4, -0.2) is 57.7 Å². The van der Waals surface area contributed by atoms with Crippen LogP contribution in [0.5, 0.6) is 0 Å². The van der Waals surface area contributed by atoms with E-state index in [1.165, 1.54) is 36.7 Å². The van der Waals surface area contributed by atoms with Gasteiger partial charge in [0.15, 0.2) is 0 Å². The van der Waals surface area contributed by atoms with Gasteiger partial charge in [0.2, 0.25) is 5.91 Å². The summed E-state index contributed by atoms with van der Waals surface area (Å²) in [4.78, 5) is 29.6. The molecule has 6 nitrogen and oxygen atoms in total. The highest BCUT2D eigenvalue weighted by atomic mass is 127. The molecule has 4 rings (SSSR count). The molecule has 2 aromatic rings. The fraction of sp³-hybridized carbons (Fsp3) is 0.500. The minimum Gasteiger partial charge on any atom is -0.341 e. The highest BCUT2D eigenvalue weighted by Crippen LogP contribution is 2.21. The summed E-state index contributed by atoms with van der Waals surface area (Å²) in [6, 6.07) is 13.5. The first-order chi connectivity index (χ1) is 13.7. The molecular formula is C22H29IN4O2. The zero-order valence-corrected chi connectivity index (χ0v) is 19.0. The number of benzene rings is 1. The monoisotopic (exact) mass is 508 g/mol. The van der Waals surface area contributed by atoms with Crippen molar-refractivity contribution < 1.29 is 4.79 Å². The van der Waals surface area contributed by atoms with Crippen LogP contribution in [0.15, 0.2) is 47.3 Å². The Hall–Kier alpha value is -1.74. The number of nitrogens with zero attached hydrogens (tertiary/aromatic N) is 4. The van der Waals surface area contributed by atoms with Crippen LogP contribution >= 0.6 is 24.0 Å². The summed E-state index contributed by atoms with van der Waals surface area (Å²) < 4.78 is 1.30. The molecule has 0 radical (unpaired) electrons. The zero-order chi connectivity index (χ0) is 19.3. The van der Waals surface area contributed by atoms with Gasteiger partial charge in [-0.1, -0.05) is 30.3 Å². The number of hydrogen-bond donors (Lipinski definition) is 0. The first-order valence-corrected chi connectivity index (χ1v) is 10.4. The second kappa shape index (κ2) is 10.3. The lowest BCUT2D eigenvalue weighted by molar-refractivity contribution is -0.132. The third-order valence-corrected chi connectivity index (χ3v) is 5.93. The van der Waals surface area contributed by atoms with Crippen molar-refractivity contribution in [2.75, 3.05) is 26.2 Å². The predicted octanol–water partition coefficient (Wildman–Crippen LogP) is 3.01. The van der Waals surface area contributed by atoms with Gasteiger partial charge in [0.25, 0.3) is 5.56 Å². The van der Waals surface area contributed by atoms with Gasteiger partial charge in [-0.05, 0) is 51.3 Å². The zero-order valence-electron chi connectivity index (χ0n) is 16.7. The number of hydrogen-bond acceptors (Lipinski definition) is 4. The molecule has 0 bridgehead atoms. The van der Waals surface area contributed by atoms with E-state index in [2.05, 4.69) is 10.00 Å². The highest BCUT2D eigenvalue weighted by Gasteiger charge is 2.26. The van der Waals surface area contributed by atoms with E-state index in [1.807, 2.05) is 35.2 Å². The molecule has 2 saturated heterocycles. The molecule has 1 unspecified atom stereocenters. The smallest absolute Gasteiger partial charge is 0.267 e. The van der Waals surface area contributed by atoms with Crippen molar-refractivity contribution in [3.63, 3.8) is 0 Å². The van der Waals surface area contributed by atoms with Crippen molar-refractivity contribution in [2.24, 2.45) is 0 Å². The summed E-state index contributed by atoms with van der Waals surface area (Å²) in [6.45, 7) is 3.95. The van der Waals surface area contributed by atoms with Gasteiger partial charge in [-0.3, -0.25) is 9.59 Å². The Kier molecular flexibility index (Phi) is 7.83. The van der Waals surface area contributed by atoms with E-state index in [0.717, 1.165) is 37.9 Å². The van der Waals surface area contributed by atoms with Crippen molar-refractivity contribution in [1.29, 1.82) is 0 Å². The van der Waals surface area contributed by atoms with Crippen LogP contribution in [0.4, 0.5) is 0 Å². The molecule has 0 aliphatic carbocycles. The lowest BCUT2D eigenvalue weighted by Crippen LogP contribution is -2.39. The van der Waals surface area contributed by atoms with Crippen LogP contribution in [0, 0.1) is 0 Å². The van der Waals surface area contributed by atoms with Crippen LogP contribution in [0.3, 0.4) is 0 Å². The maximum atomic E-state index is 12.9. The van der Waals surface area contributed by atoms with Gasteiger partial charge in [0.05, 0.1) is 5.69 Å². The molecule has 0 saturated carbocycles. The van der Waals surface area contributed by atoms with Crippen LogP contribution in [-0.2, 0) is 11.3 Å². The Balaban J connectivity index is 0.00000240. The molecule has 29 heavy (non-hydrogen) atoms. The summed E-state index contributed by atoms with van der Waals surface area (Å²) in [5.41, 5.74) is 1.41. The van der Waals surface area contributed by atoms with Gasteiger partial charge in [0, 0.05) is 30.8 Å². The topological polar surface area (TPSA) is 58.4 Å². The third-order valence-electron chi connectivity index (χ3n) is 5.93. The summed E-state index contributed by atoms with van der Waals surface area (Å²) >= 11 is 0. The molecule has 2 fully saturated rings. The molecule has 2 aliphatic heterocycles. The maximum Gasteiger partial charge on any atom is 0.267 e. The molecule has 0 spiro atoms. The van der Waals surface area contributed by atoms with Crippen molar-refractivity contribution >= 4 is 29.9 Å². The molecule has 1 atom stereocenters. The molecule has 1 amide bonds. The van der Waals surface area contributed by atoms with Crippen molar-refractivity contribution in [3.05, 3.63) is 52.8 Å². The van der Waals surface area contributed by atoms with E-state index in [9.17, 15) is 9.59 Å². The maximum absolute atomic E-state index is 12.9. The molecular weight excluding hydrogens is 479 g/mol. The number of carbonyl (C=O) groups excluding carboxylic acids is 1. The van der Waals surface area contributed by atoms with Crippen LogP contribution < -0.4 is 5.56 Å². The molecule has 1 aromatic carbocycles. The van der Waals surface area contributed by atoms with Crippen molar-refractivity contribution in [2.45, 2.75) is 44.7 Å². The Labute approximate surface area is 188 Å². The Morgan fingerprint density at radius 3 is 2.45 bits per heavy atom. The van der Waals surface area contributed by atoms with Crippen molar-refractivity contribution in [1.82, 2.24) is 19.6 Å². The second-order valence-electron chi connectivity index (χ2n) is 7.79. The first kappa shape index (κ1) is 22.0. The lowest BCUT2D eigenvalue weighted by atomic mass is 10.1. The number of likely N-dealkylation sites (tertiary alicyclic amines) is 2. The number of rotatable bonds is 4. The first-order valence-electron chi connectivity index (χ1n) is 10.4. The van der Waals surface area contributed by atoms with Crippen LogP contribution in [0.1, 0.15) is 32.1 Å². The Bertz CT molecular complexity index is 865. The lowest BCUT2D eigenvalue weighted by Gasteiger charge is -2.26. The van der Waals surface area contributed by atoms with E-state index < -0.39 is 0 Å². The number of halogens is 1. The van der Waals surface area contributed by atoms with Gasteiger partial charge in [-0.2, -0.15) is 5.10 Å². The fourth-order valence-corrected chi connectivity index (χ4v) is 4.35. The normalized spacial score (nSPS) is 20.1. The fourth-order valence-electron chi connectivity index (χ4n) is 4.35. The summed E-state index contributed by atoms with van der Waals surface area (Å²) in [5, 5.41) is 4.43. The minimum absolute atomic E-state index is 0. The third kappa shape index (κ3) is 5.45. The van der Waals surface area contributed by atoms with E-state index >= 15 is 0 Å². The van der Waals surface area contributed by atoms with Crippen molar-refractivity contribution in [3.8, 4) is 11.3 Å². The average molecular weight is 508 g/mol. The summed E-state index contributed by atoms with van der Waals surface area (Å²) in [5.74, 6) is -0.0121. The van der Waals surface area contributed by atoms with E-state index in [4.69, 9.17) is 0 Å². The quantitative estimate of drug-likeness (QED) is 0.597. The number of carbonyl (C=O) groups is 1. The summed E-state index contributed by atoms with van der Waals surface area (Å²) in [7, 11) is 0. The van der Waals surface area contributed by atoms with Gasteiger partial charge in [0.1, 0.15) is 6.54 Å². The second-order valence-corrected chi connectivity index (χ2v) is 7.79. The molecule has 0 N–H and O–H groups in total. The van der Waals surface area contributed by atoms with Gasteiger partial charge >= 0.3 is 0 Å². The number of aromatic nitrogens is 2. The summed E-state index contributed by atoms with van der Waals surface area (Å²) in [6.07, 6.45) is 5.81. The predicted molar refractivity (Wildman–Crippen MR) is 124 cm³/mol. The molecule has 3 heterocycles. The standard InChI is InChI=1S/C22H28N4O2.HI/c27-21-11-10-20(18-7-2-1-3-8-18)23-26(21)17-22(28)25-15-6-9-19(12-16-25)24-13-4-5-14-24;/h1-3,7-8,10-11,19H,4-6,9,12-17H2;1H. The Morgan fingerprint density at radius 1 is 0.931 bits per heavy atom. The largest absolute Gasteiger partial charge is 0.341 e. The van der Waals surface area contributed by atoms with Gasteiger partial charge in [-0.15, -0.1) is 24.0 Å². The molecule has 1 aromatic heterocycles. The molecule has 2 aliphatic rings. The molecule has 7 heteroatoms. The van der Waals surface area contributed by atoms with E-state index in [-0.39, 0.29) is 42.0 Å². The Morgan fingerprint density at radius 2 is 1.69 bits per heavy atom. The number of amides is 1.